The maximum absolute atomic E-state index is 5.90. The minimum absolute atomic E-state index is 0.0731. The van der Waals surface area contributed by atoms with Gasteiger partial charge in [0.25, 0.3) is 0 Å². The van der Waals surface area contributed by atoms with Gasteiger partial charge >= 0.3 is 0 Å². The molecule has 1 aliphatic heterocycles. The van der Waals surface area contributed by atoms with Gasteiger partial charge in [0.05, 0.1) is 0 Å². The molecule has 2 N–H and O–H groups in total. The maximum Gasteiger partial charge on any atom is 0.128 e. The summed E-state index contributed by atoms with van der Waals surface area (Å²) >= 11 is 0. The highest BCUT2D eigenvalue weighted by Crippen LogP contribution is 2.22. The molecule has 0 saturated carbocycles. The number of hydrogen-bond acceptors (Lipinski definition) is 4. The molecule has 1 aromatic rings. The predicted molar refractivity (Wildman–Crippen MR) is 71.1 cm³/mol. The summed E-state index contributed by atoms with van der Waals surface area (Å²) < 4.78 is 0. The number of likely N-dealkylation sites (N-methyl/N-ethyl adjacent to an activating group) is 1. The van der Waals surface area contributed by atoms with E-state index in [1.54, 1.807) is 0 Å². The normalized spacial score (nSPS) is 22.2. The summed E-state index contributed by atoms with van der Waals surface area (Å²) in [5.74, 6) is 1.06. The minimum Gasteiger partial charge on any atom is -0.355 e. The van der Waals surface area contributed by atoms with E-state index < -0.39 is 0 Å². The van der Waals surface area contributed by atoms with Crippen LogP contribution in [0.3, 0.4) is 0 Å². The van der Waals surface area contributed by atoms with Crippen molar-refractivity contribution in [3.63, 3.8) is 0 Å². The van der Waals surface area contributed by atoms with Gasteiger partial charge in [-0.2, -0.15) is 0 Å². The molecule has 2 heterocycles. The van der Waals surface area contributed by atoms with Gasteiger partial charge in [0.15, 0.2) is 0 Å². The Kier molecular flexibility index (Phi) is 3.64. The Balaban J connectivity index is 2.11. The summed E-state index contributed by atoms with van der Waals surface area (Å²) in [6.07, 6.45) is 3.06. The highest BCUT2D eigenvalue weighted by Gasteiger charge is 2.24. The quantitative estimate of drug-likeness (QED) is 0.855. The molecular weight excluding hydrogens is 212 g/mol. The van der Waals surface area contributed by atoms with Crippen LogP contribution in [0.5, 0.6) is 0 Å². The van der Waals surface area contributed by atoms with Crippen LogP contribution in [0.15, 0.2) is 18.3 Å². The van der Waals surface area contributed by atoms with Crippen molar-refractivity contribution in [3.05, 3.63) is 23.9 Å². The molecule has 0 amide bonds. The summed E-state index contributed by atoms with van der Waals surface area (Å²) in [6, 6.07) is 4.82. The van der Waals surface area contributed by atoms with Crippen molar-refractivity contribution in [3.8, 4) is 0 Å². The van der Waals surface area contributed by atoms with Crippen LogP contribution in [0, 0.1) is 0 Å². The summed E-state index contributed by atoms with van der Waals surface area (Å²) in [7, 11) is 4.28. The molecule has 1 aliphatic rings. The van der Waals surface area contributed by atoms with E-state index in [0.29, 0.717) is 6.04 Å². The van der Waals surface area contributed by atoms with Gasteiger partial charge in [0.2, 0.25) is 0 Å². The molecule has 4 heteroatoms. The molecular formula is C13H22N4. The Hall–Kier alpha value is -1.13. The number of nitrogens with zero attached hydrogens (tertiary/aromatic N) is 3. The van der Waals surface area contributed by atoms with Gasteiger partial charge in [-0.15, -0.1) is 0 Å². The molecule has 2 rings (SSSR count). The second-order valence-corrected chi connectivity index (χ2v) is 5.09. The highest BCUT2D eigenvalue weighted by molar-refractivity contribution is 5.43. The fourth-order valence-corrected chi connectivity index (χ4v) is 2.26. The highest BCUT2D eigenvalue weighted by atomic mass is 15.3. The zero-order valence-electron chi connectivity index (χ0n) is 10.9. The van der Waals surface area contributed by atoms with Crippen molar-refractivity contribution in [1.82, 2.24) is 9.88 Å². The van der Waals surface area contributed by atoms with Crippen LogP contribution < -0.4 is 10.6 Å². The average molecular weight is 234 g/mol. The predicted octanol–water partition coefficient (Wildman–Crippen LogP) is 1.24. The third-order valence-electron chi connectivity index (χ3n) is 3.51. The molecule has 94 valence electrons. The first kappa shape index (κ1) is 12.3. The van der Waals surface area contributed by atoms with E-state index >= 15 is 0 Å². The Morgan fingerprint density at radius 1 is 1.53 bits per heavy atom. The SMILES string of the molecule is C[C@H](N)c1ccnc(N2CCC(N(C)C)C2)c1. The van der Waals surface area contributed by atoms with Gasteiger partial charge in [-0.05, 0) is 45.1 Å². The molecule has 1 aromatic heterocycles. The van der Waals surface area contributed by atoms with Crippen LogP contribution >= 0.6 is 0 Å². The molecule has 1 fully saturated rings. The van der Waals surface area contributed by atoms with Crippen LogP contribution in [-0.2, 0) is 0 Å². The third-order valence-corrected chi connectivity index (χ3v) is 3.51. The molecule has 0 spiro atoms. The van der Waals surface area contributed by atoms with Gasteiger partial charge in [0.1, 0.15) is 5.82 Å². The van der Waals surface area contributed by atoms with E-state index in [4.69, 9.17) is 5.73 Å². The summed E-state index contributed by atoms with van der Waals surface area (Å²) in [4.78, 5) is 9.08. The average Bonchev–Trinajstić information content (AvgIpc) is 2.78. The third kappa shape index (κ3) is 2.76. The molecule has 2 atom stereocenters. The molecule has 17 heavy (non-hydrogen) atoms. The molecule has 1 saturated heterocycles. The molecule has 4 nitrogen and oxygen atoms in total. The zero-order valence-corrected chi connectivity index (χ0v) is 10.9. The lowest BCUT2D eigenvalue weighted by Crippen LogP contribution is -2.31. The molecule has 0 aliphatic carbocycles. The lowest BCUT2D eigenvalue weighted by molar-refractivity contribution is 0.315. The number of hydrogen-bond donors (Lipinski definition) is 1. The van der Waals surface area contributed by atoms with Crippen LogP contribution in [-0.4, -0.2) is 43.1 Å². The van der Waals surface area contributed by atoms with Gasteiger partial charge < -0.3 is 15.5 Å². The Bertz CT molecular complexity index is 375. The Morgan fingerprint density at radius 2 is 2.29 bits per heavy atom. The van der Waals surface area contributed by atoms with E-state index in [0.717, 1.165) is 24.5 Å². The molecule has 1 unspecified atom stereocenters. The van der Waals surface area contributed by atoms with Crippen LogP contribution in [0.1, 0.15) is 24.9 Å². The Morgan fingerprint density at radius 3 is 2.88 bits per heavy atom. The first-order chi connectivity index (χ1) is 8.08. The number of pyridine rings is 1. The van der Waals surface area contributed by atoms with Crippen LogP contribution in [0.4, 0.5) is 5.82 Å². The van der Waals surface area contributed by atoms with Crippen molar-refractivity contribution in [2.24, 2.45) is 5.73 Å². The zero-order chi connectivity index (χ0) is 12.4. The van der Waals surface area contributed by atoms with Crippen LogP contribution in [0.25, 0.3) is 0 Å². The molecule has 0 bridgehead atoms. The lowest BCUT2D eigenvalue weighted by atomic mass is 10.1. The van der Waals surface area contributed by atoms with Gasteiger partial charge in [-0.3, -0.25) is 0 Å². The van der Waals surface area contributed by atoms with Gasteiger partial charge in [0, 0.05) is 31.4 Å². The molecule has 0 aromatic carbocycles. The van der Waals surface area contributed by atoms with Crippen molar-refractivity contribution in [2.45, 2.75) is 25.4 Å². The van der Waals surface area contributed by atoms with Gasteiger partial charge in [-0.25, -0.2) is 4.98 Å². The first-order valence-corrected chi connectivity index (χ1v) is 6.21. The maximum atomic E-state index is 5.90. The lowest BCUT2D eigenvalue weighted by Gasteiger charge is -2.21. The van der Waals surface area contributed by atoms with Crippen molar-refractivity contribution in [2.75, 3.05) is 32.1 Å². The Labute approximate surface area is 103 Å². The van der Waals surface area contributed by atoms with E-state index in [9.17, 15) is 0 Å². The number of rotatable bonds is 3. The second-order valence-electron chi connectivity index (χ2n) is 5.09. The minimum atomic E-state index is 0.0731. The van der Waals surface area contributed by atoms with Crippen molar-refractivity contribution >= 4 is 5.82 Å². The summed E-state index contributed by atoms with van der Waals surface area (Å²) in [5.41, 5.74) is 7.06. The second kappa shape index (κ2) is 5.02. The van der Waals surface area contributed by atoms with Crippen molar-refractivity contribution < 1.29 is 0 Å². The molecule has 0 radical (unpaired) electrons. The summed E-state index contributed by atoms with van der Waals surface area (Å²) in [5, 5.41) is 0. The van der Waals surface area contributed by atoms with Gasteiger partial charge in [-0.1, -0.05) is 0 Å². The van der Waals surface area contributed by atoms with Crippen LogP contribution in [0.2, 0.25) is 0 Å². The number of nitrogens with two attached hydrogens (primary N) is 1. The number of aromatic nitrogens is 1. The smallest absolute Gasteiger partial charge is 0.128 e. The van der Waals surface area contributed by atoms with Crippen molar-refractivity contribution in [1.29, 1.82) is 0 Å². The topological polar surface area (TPSA) is 45.4 Å². The summed E-state index contributed by atoms with van der Waals surface area (Å²) in [6.45, 7) is 4.15. The fraction of sp³-hybridized carbons (Fsp3) is 0.615. The standard InChI is InChI=1S/C13H22N4/c1-10(14)11-4-6-15-13(8-11)17-7-5-12(9-17)16(2)3/h4,6,8,10,12H,5,7,9,14H2,1-3H3/t10-,12?/m0/s1. The van der Waals surface area contributed by atoms with E-state index in [2.05, 4.69) is 34.9 Å². The largest absolute Gasteiger partial charge is 0.355 e. The monoisotopic (exact) mass is 234 g/mol. The van der Waals surface area contributed by atoms with E-state index in [1.165, 1.54) is 6.42 Å². The van der Waals surface area contributed by atoms with E-state index in [-0.39, 0.29) is 6.04 Å². The number of anilines is 1. The van der Waals surface area contributed by atoms with E-state index in [1.807, 2.05) is 19.2 Å². The fourth-order valence-electron chi connectivity index (χ4n) is 2.26. The first-order valence-electron chi connectivity index (χ1n) is 6.21.